The smallest absolute Gasteiger partial charge is 0.138 e. The minimum absolute atomic E-state index is 0.677. The molecule has 0 aliphatic heterocycles. The van der Waals surface area contributed by atoms with Crippen molar-refractivity contribution in [3.05, 3.63) is 85.1 Å². The summed E-state index contributed by atoms with van der Waals surface area (Å²) in [4.78, 5) is 8.57. The van der Waals surface area contributed by atoms with Crippen molar-refractivity contribution in [2.75, 3.05) is 6.61 Å². The van der Waals surface area contributed by atoms with Gasteiger partial charge in [0.05, 0.1) is 17.3 Å². The predicted molar refractivity (Wildman–Crippen MR) is 112 cm³/mol. The molecule has 0 amide bonds. The second-order valence-electron chi connectivity index (χ2n) is 6.14. The van der Waals surface area contributed by atoms with E-state index in [4.69, 9.17) is 4.74 Å². The molecule has 0 aliphatic rings. The van der Waals surface area contributed by atoms with E-state index in [-0.39, 0.29) is 0 Å². The molecule has 0 radical (unpaired) electrons. The number of rotatable bonds is 7. The van der Waals surface area contributed by atoms with Crippen LogP contribution >= 0.6 is 11.8 Å². The zero-order valence-corrected chi connectivity index (χ0v) is 16.3. The molecule has 6 heteroatoms. The summed E-state index contributed by atoms with van der Waals surface area (Å²) in [6.45, 7) is 2.66. The summed E-state index contributed by atoms with van der Waals surface area (Å²) in [7, 11) is 0. The summed E-state index contributed by atoms with van der Waals surface area (Å²) in [5.41, 5.74) is 4.48. The molecular formula is C22H20N4OS. The van der Waals surface area contributed by atoms with Crippen LogP contribution in [-0.4, -0.2) is 26.4 Å². The van der Waals surface area contributed by atoms with E-state index in [1.165, 1.54) is 11.9 Å². The Morgan fingerprint density at radius 3 is 2.36 bits per heavy atom. The summed E-state index contributed by atoms with van der Waals surface area (Å²) in [5, 5.41) is 5.15. The molecule has 4 aromatic rings. The zero-order valence-electron chi connectivity index (χ0n) is 15.5. The Hall–Kier alpha value is -3.12. The summed E-state index contributed by atoms with van der Waals surface area (Å²) in [6, 6.07) is 20.6. The van der Waals surface area contributed by atoms with Gasteiger partial charge in [-0.3, -0.25) is 0 Å². The van der Waals surface area contributed by atoms with Crippen molar-refractivity contribution in [2.45, 2.75) is 17.7 Å². The molecule has 0 unspecified atom stereocenters. The first-order valence-corrected chi connectivity index (χ1v) is 10.1. The second kappa shape index (κ2) is 8.71. The normalized spacial score (nSPS) is 10.8. The van der Waals surface area contributed by atoms with Crippen LogP contribution in [0.5, 0.6) is 5.75 Å². The van der Waals surface area contributed by atoms with Gasteiger partial charge in [-0.2, -0.15) is 5.10 Å². The lowest BCUT2D eigenvalue weighted by Crippen LogP contribution is -1.94. The van der Waals surface area contributed by atoms with Gasteiger partial charge in [0, 0.05) is 17.5 Å². The molecule has 2 aromatic carbocycles. The Bertz CT molecular complexity index is 998. The molecule has 0 fully saturated rings. The van der Waals surface area contributed by atoms with Crippen LogP contribution in [0.2, 0.25) is 0 Å². The van der Waals surface area contributed by atoms with Crippen molar-refractivity contribution in [1.29, 1.82) is 0 Å². The fourth-order valence-electron chi connectivity index (χ4n) is 2.79. The fraction of sp³-hybridized carbons (Fsp3) is 0.136. The van der Waals surface area contributed by atoms with Crippen molar-refractivity contribution in [2.24, 2.45) is 0 Å². The quantitative estimate of drug-likeness (QED) is 0.416. The number of thioether (sulfide) groups is 1. The zero-order chi connectivity index (χ0) is 19.2. The van der Waals surface area contributed by atoms with Gasteiger partial charge in [-0.25, -0.2) is 14.6 Å². The molecule has 0 spiro atoms. The van der Waals surface area contributed by atoms with Crippen molar-refractivity contribution < 1.29 is 4.74 Å². The van der Waals surface area contributed by atoms with E-state index < -0.39 is 0 Å². The van der Waals surface area contributed by atoms with Gasteiger partial charge in [-0.1, -0.05) is 30.3 Å². The van der Waals surface area contributed by atoms with Gasteiger partial charge in [-0.05, 0) is 48.4 Å². The molecular weight excluding hydrogens is 368 g/mol. The van der Waals surface area contributed by atoms with Gasteiger partial charge in [0.15, 0.2) is 0 Å². The van der Waals surface area contributed by atoms with Gasteiger partial charge in [0.2, 0.25) is 0 Å². The van der Waals surface area contributed by atoms with E-state index in [9.17, 15) is 0 Å². The Labute approximate surface area is 168 Å². The van der Waals surface area contributed by atoms with E-state index in [2.05, 4.69) is 51.5 Å². The lowest BCUT2D eigenvalue weighted by atomic mass is 10.1. The van der Waals surface area contributed by atoms with Crippen LogP contribution in [-0.2, 0) is 5.75 Å². The van der Waals surface area contributed by atoms with E-state index in [1.807, 2.05) is 37.4 Å². The van der Waals surface area contributed by atoms with E-state index in [1.54, 1.807) is 22.8 Å². The van der Waals surface area contributed by atoms with Crippen LogP contribution in [0.15, 0.2) is 84.5 Å². The first kappa shape index (κ1) is 18.3. The Kier molecular flexibility index (Phi) is 5.68. The predicted octanol–water partition coefficient (Wildman–Crippen LogP) is 5.02. The van der Waals surface area contributed by atoms with E-state index in [0.29, 0.717) is 6.61 Å². The van der Waals surface area contributed by atoms with E-state index in [0.717, 1.165) is 33.3 Å². The van der Waals surface area contributed by atoms with Crippen LogP contribution in [0.3, 0.4) is 0 Å². The maximum atomic E-state index is 5.49. The van der Waals surface area contributed by atoms with Crippen molar-refractivity contribution in [3.8, 4) is 22.6 Å². The maximum Gasteiger partial charge on any atom is 0.138 e. The van der Waals surface area contributed by atoms with E-state index >= 15 is 0 Å². The first-order chi connectivity index (χ1) is 13.8. The molecule has 140 valence electrons. The molecule has 0 bridgehead atoms. The number of aromatic nitrogens is 4. The van der Waals surface area contributed by atoms with Gasteiger partial charge < -0.3 is 4.74 Å². The van der Waals surface area contributed by atoms with Crippen LogP contribution < -0.4 is 4.74 Å². The highest BCUT2D eigenvalue weighted by Gasteiger charge is 2.03. The average molecular weight is 388 g/mol. The molecule has 0 aliphatic carbocycles. The Morgan fingerprint density at radius 2 is 1.71 bits per heavy atom. The van der Waals surface area contributed by atoms with Crippen LogP contribution in [0.1, 0.15) is 12.5 Å². The molecule has 2 heterocycles. The minimum atomic E-state index is 0.677. The number of pyridine rings is 1. The summed E-state index contributed by atoms with van der Waals surface area (Å²) in [6.07, 6.45) is 5.15. The molecule has 2 aromatic heterocycles. The topological polar surface area (TPSA) is 52.8 Å². The summed E-state index contributed by atoms with van der Waals surface area (Å²) < 4.78 is 7.24. The average Bonchev–Trinajstić information content (AvgIpc) is 3.29. The SMILES string of the molecule is CCOc1ccc(-c2ccc(SCc3ccc(-n4cncn4)cc3)nc2)cc1. The van der Waals surface area contributed by atoms with Crippen molar-refractivity contribution in [1.82, 2.24) is 19.7 Å². The molecule has 4 rings (SSSR count). The third kappa shape index (κ3) is 4.40. The fourth-order valence-corrected chi connectivity index (χ4v) is 3.59. The summed E-state index contributed by atoms with van der Waals surface area (Å²) >= 11 is 1.72. The van der Waals surface area contributed by atoms with Crippen LogP contribution in [0.25, 0.3) is 16.8 Å². The van der Waals surface area contributed by atoms with Crippen molar-refractivity contribution >= 4 is 11.8 Å². The highest BCUT2D eigenvalue weighted by Crippen LogP contribution is 2.26. The number of benzene rings is 2. The standard InChI is InChI=1S/C22H20N4OS/c1-2-27-21-10-5-18(6-11-21)19-7-12-22(24-13-19)28-14-17-3-8-20(9-4-17)26-16-23-15-25-26/h3-13,15-16H,2,14H2,1H3. The second-order valence-corrected chi connectivity index (χ2v) is 7.13. The molecule has 0 saturated carbocycles. The van der Waals surface area contributed by atoms with Crippen molar-refractivity contribution in [3.63, 3.8) is 0 Å². The minimum Gasteiger partial charge on any atom is -0.494 e. The third-order valence-corrected chi connectivity index (χ3v) is 5.26. The number of hydrogen-bond donors (Lipinski definition) is 0. The Morgan fingerprint density at radius 1 is 0.929 bits per heavy atom. The monoisotopic (exact) mass is 388 g/mol. The molecule has 0 atom stereocenters. The van der Waals surface area contributed by atoms with Gasteiger partial charge in [-0.15, -0.1) is 11.8 Å². The molecule has 0 saturated heterocycles. The Balaban J connectivity index is 1.36. The molecule has 0 N–H and O–H groups in total. The van der Waals surface area contributed by atoms with Gasteiger partial charge in [0.25, 0.3) is 0 Å². The maximum absolute atomic E-state index is 5.49. The molecule has 28 heavy (non-hydrogen) atoms. The van der Waals surface area contributed by atoms with Gasteiger partial charge in [0.1, 0.15) is 18.4 Å². The third-order valence-electron chi connectivity index (χ3n) is 4.24. The summed E-state index contributed by atoms with van der Waals surface area (Å²) in [5.74, 6) is 1.76. The lowest BCUT2D eigenvalue weighted by molar-refractivity contribution is 0.340. The molecule has 5 nitrogen and oxygen atoms in total. The highest BCUT2D eigenvalue weighted by atomic mass is 32.2. The van der Waals surface area contributed by atoms with Crippen LogP contribution in [0, 0.1) is 0 Å². The largest absolute Gasteiger partial charge is 0.494 e. The van der Waals surface area contributed by atoms with Gasteiger partial charge >= 0.3 is 0 Å². The van der Waals surface area contributed by atoms with Crippen LogP contribution in [0.4, 0.5) is 0 Å². The number of nitrogens with zero attached hydrogens (tertiary/aromatic N) is 4. The highest BCUT2D eigenvalue weighted by molar-refractivity contribution is 7.98. The first-order valence-electron chi connectivity index (χ1n) is 9.08. The number of ether oxygens (including phenoxy) is 1. The number of hydrogen-bond acceptors (Lipinski definition) is 5. The lowest BCUT2D eigenvalue weighted by Gasteiger charge is -2.07.